The highest BCUT2D eigenvalue weighted by atomic mass is 35.5. The van der Waals surface area contributed by atoms with Crippen LogP contribution in [0.1, 0.15) is 13.8 Å². The van der Waals surface area contributed by atoms with Crippen molar-refractivity contribution in [2.24, 2.45) is 5.92 Å². The minimum Gasteiger partial charge on any atom is -0.466 e. The predicted molar refractivity (Wildman–Crippen MR) is 114 cm³/mol. The molecule has 1 aliphatic rings. The van der Waals surface area contributed by atoms with Gasteiger partial charge in [0.2, 0.25) is 11.8 Å². The van der Waals surface area contributed by atoms with Crippen LogP contribution in [0.3, 0.4) is 0 Å². The van der Waals surface area contributed by atoms with Crippen LogP contribution in [0.15, 0.2) is 42.1 Å². The van der Waals surface area contributed by atoms with Gasteiger partial charge >= 0.3 is 12.1 Å². The predicted octanol–water partition coefficient (Wildman–Crippen LogP) is 4.60. The summed E-state index contributed by atoms with van der Waals surface area (Å²) in [5, 5.41) is -0.248. The first-order chi connectivity index (χ1) is 16.3. The molecule has 186 valence electrons. The fourth-order valence-corrected chi connectivity index (χ4v) is 3.30. The van der Waals surface area contributed by atoms with Crippen LogP contribution in [-0.2, 0) is 19.1 Å². The van der Waals surface area contributed by atoms with Gasteiger partial charge in [0, 0.05) is 18.2 Å². The van der Waals surface area contributed by atoms with Crippen LogP contribution in [0.2, 0.25) is 5.02 Å². The maximum absolute atomic E-state index is 14.6. The van der Waals surface area contributed by atoms with Gasteiger partial charge in [-0.3, -0.25) is 9.59 Å². The van der Waals surface area contributed by atoms with E-state index in [1.165, 1.54) is 32.4 Å². The molecule has 2 amide bonds. The number of carbonyl (C=O) groups excluding carboxylic acids is 3. The molecule has 2 unspecified atom stereocenters. The number of ether oxygens (including phenoxy) is 3. The minimum absolute atomic E-state index is 0.0619. The topological polar surface area (TPSA) is 95.0 Å². The lowest BCUT2D eigenvalue weighted by atomic mass is 9.94. The molecule has 3 rings (SSSR count). The van der Waals surface area contributed by atoms with Gasteiger partial charge in [-0.15, -0.1) is 0 Å². The van der Waals surface area contributed by atoms with Crippen molar-refractivity contribution in [3.63, 3.8) is 0 Å². The quantitative estimate of drug-likeness (QED) is 0.314. The average molecular weight is 517 g/mol. The van der Waals surface area contributed by atoms with Gasteiger partial charge in [0.15, 0.2) is 6.10 Å². The van der Waals surface area contributed by atoms with E-state index in [1.807, 2.05) is 0 Å². The van der Waals surface area contributed by atoms with Gasteiger partial charge < -0.3 is 14.2 Å². The molecule has 1 aliphatic heterocycles. The zero-order valence-corrected chi connectivity index (χ0v) is 19.1. The van der Waals surface area contributed by atoms with Gasteiger partial charge in [0.05, 0.1) is 35.5 Å². The van der Waals surface area contributed by atoms with E-state index in [1.54, 1.807) is 0 Å². The second-order valence-electron chi connectivity index (χ2n) is 7.28. The van der Waals surface area contributed by atoms with Crippen LogP contribution in [0.4, 0.5) is 23.2 Å². The first kappa shape index (κ1) is 25.9. The Morgan fingerprint density at radius 3 is 2.49 bits per heavy atom. The number of carbonyl (C=O) groups is 3. The second kappa shape index (κ2) is 9.90. The van der Waals surface area contributed by atoms with Crippen LogP contribution in [0.25, 0.3) is 0 Å². The van der Waals surface area contributed by atoms with Crippen molar-refractivity contribution in [2.75, 3.05) is 12.0 Å². The molecule has 0 aliphatic carbocycles. The normalized spacial score (nSPS) is 17.1. The summed E-state index contributed by atoms with van der Waals surface area (Å²) >= 11 is 6.02. The van der Waals surface area contributed by atoms with E-state index < -0.39 is 53.1 Å². The van der Waals surface area contributed by atoms with Gasteiger partial charge in [0.1, 0.15) is 17.3 Å². The maximum atomic E-state index is 14.6. The summed E-state index contributed by atoms with van der Waals surface area (Å²) in [7, 11) is 1.20. The van der Waals surface area contributed by atoms with E-state index in [0.29, 0.717) is 4.90 Å². The second-order valence-corrected chi connectivity index (χ2v) is 7.69. The molecule has 8 nitrogen and oxygen atoms in total. The summed E-state index contributed by atoms with van der Waals surface area (Å²) in [4.78, 5) is 40.6. The molecular formula is C22H17ClF4N2O6. The summed E-state index contributed by atoms with van der Waals surface area (Å²) in [5.74, 6) is -6.19. The first-order valence-corrected chi connectivity index (χ1v) is 10.3. The molecular weight excluding hydrogens is 500 g/mol. The number of hydrogen-bond acceptors (Lipinski definition) is 7. The number of imide groups is 1. The number of methoxy groups -OCH3 is 1. The fraction of sp³-hybridized carbons (Fsp3) is 0.273. The lowest BCUT2D eigenvalue weighted by Gasteiger charge is -2.30. The number of alkyl halides is 3. The maximum Gasteiger partial charge on any atom is 0.413 e. The van der Waals surface area contributed by atoms with Crippen molar-refractivity contribution in [3.05, 3.63) is 53.0 Å². The van der Waals surface area contributed by atoms with Crippen molar-refractivity contribution in [2.45, 2.75) is 26.1 Å². The van der Waals surface area contributed by atoms with E-state index in [-0.39, 0.29) is 28.5 Å². The largest absolute Gasteiger partial charge is 0.466 e. The summed E-state index contributed by atoms with van der Waals surface area (Å²) < 4.78 is 69.4. The number of amides is 2. The van der Waals surface area contributed by atoms with Gasteiger partial charge in [-0.05, 0) is 26.0 Å². The molecule has 1 aromatic heterocycles. The van der Waals surface area contributed by atoms with Crippen LogP contribution in [0.5, 0.6) is 17.4 Å². The Hall–Kier alpha value is -3.67. The molecule has 0 fully saturated rings. The standard InChI is InChI=1S/C22H17ClF4N2O6/c1-10-13(22(25,26)27)6-19(30)29(20(10)31)16-8-17(14(23)7-15(16)24)35-12-4-5-18(28-9-12)34-11(2)21(32)33-3/h4-11H,1-3H3. The molecule has 1 aromatic carbocycles. The van der Waals surface area contributed by atoms with Gasteiger partial charge in [-0.1, -0.05) is 11.6 Å². The zero-order chi connectivity index (χ0) is 26.1. The Kier molecular flexibility index (Phi) is 7.34. The average Bonchev–Trinajstić information content (AvgIpc) is 2.79. The van der Waals surface area contributed by atoms with Crippen molar-refractivity contribution >= 4 is 35.1 Å². The summed E-state index contributed by atoms with van der Waals surface area (Å²) in [5.41, 5.74) is -1.96. The third-order valence-electron chi connectivity index (χ3n) is 4.89. The highest BCUT2D eigenvalue weighted by Crippen LogP contribution is 2.40. The molecule has 0 bridgehead atoms. The number of pyridine rings is 1. The lowest BCUT2D eigenvalue weighted by Crippen LogP contribution is -2.46. The summed E-state index contributed by atoms with van der Waals surface area (Å²) in [6.45, 7) is 2.41. The van der Waals surface area contributed by atoms with Crippen molar-refractivity contribution < 1.29 is 46.2 Å². The molecule has 0 spiro atoms. The first-order valence-electron chi connectivity index (χ1n) is 9.87. The Bertz CT molecular complexity index is 1200. The molecule has 0 saturated carbocycles. The zero-order valence-electron chi connectivity index (χ0n) is 18.4. The van der Waals surface area contributed by atoms with E-state index in [9.17, 15) is 31.9 Å². The molecule has 0 saturated heterocycles. The smallest absolute Gasteiger partial charge is 0.413 e. The third-order valence-corrected chi connectivity index (χ3v) is 5.19. The molecule has 2 heterocycles. The van der Waals surface area contributed by atoms with Crippen molar-refractivity contribution in [1.29, 1.82) is 0 Å². The van der Waals surface area contributed by atoms with Gasteiger partial charge in [-0.2, -0.15) is 13.2 Å². The number of esters is 1. The summed E-state index contributed by atoms with van der Waals surface area (Å²) in [6, 6.07) is 4.40. The van der Waals surface area contributed by atoms with Crippen molar-refractivity contribution in [3.8, 4) is 17.4 Å². The van der Waals surface area contributed by atoms with E-state index in [2.05, 4.69) is 9.72 Å². The number of nitrogens with zero attached hydrogens (tertiary/aromatic N) is 2. The molecule has 0 N–H and O–H groups in total. The monoisotopic (exact) mass is 516 g/mol. The number of anilines is 1. The molecule has 0 radical (unpaired) electrons. The lowest BCUT2D eigenvalue weighted by molar-refractivity contribution is -0.148. The van der Waals surface area contributed by atoms with E-state index in [4.69, 9.17) is 21.1 Å². The van der Waals surface area contributed by atoms with Crippen LogP contribution < -0.4 is 14.4 Å². The molecule has 13 heteroatoms. The van der Waals surface area contributed by atoms with Crippen LogP contribution >= 0.6 is 11.6 Å². The van der Waals surface area contributed by atoms with Gasteiger partial charge in [-0.25, -0.2) is 19.1 Å². The van der Waals surface area contributed by atoms with Crippen molar-refractivity contribution in [1.82, 2.24) is 4.98 Å². The Morgan fingerprint density at radius 2 is 1.91 bits per heavy atom. The number of halogens is 5. The molecule has 35 heavy (non-hydrogen) atoms. The summed E-state index contributed by atoms with van der Waals surface area (Å²) in [6.07, 6.45) is -4.39. The Balaban J connectivity index is 1.88. The SMILES string of the molecule is COC(=O)C(C)Oc1ccc(Oc2cc(N3C(=O)C=C(C(F)(F)F)C(C)C3=O)c(F)cc2Cl)cn1. The molecule has 2 aromatic rings. The van der Waals surface area contributed by atoms with E-state index in [0.717, 1.165) is 19.1 Å². The minimum atomic E-state index is -4.90. The highest BCUT2D eigenvalue weighted by Gasteiger charge is 2.46. The number of benzene rings is 1. The Labute approximate surface area is 201 Å². The fourth-order valence-electron chi connectivity index (χ4n) is 3.11. The number of aromatic nitrogens is 1. The van der Waals surface area contributed by atoms with Crippen LogP contribution in [-0.4, -0.2) is 42.2 Å². The van der Waals surface area contributed by atoms with E-state index >= 15 is 0 Å². The van der Waals surface area contributed by atoms with Crippen LogP contribution in [0, 0.1) is 11.7 Å². The third kappa shape index (κ3) is 5.53. The van der Waals surface area contributed by atoms with Gasteiger partial charge in [0.25, 0.3) is 5.91 Å². The number of hydrogen-bond donors (Lipinski definition) is 0. The molecule has 2 atom stereocenters. The Morgan fingerprint density at radius 1 is 1.23 bits per heavy atom. The number of rotatable bonds is 6. The highest BCUT2D eigenvalue weighted by molar-refractivity contribution is 6.32.